The number of amides is 2. The summed E-state index contributed by atoms with van der Waals surface area (Å²) in [4.78, 5) is 23.1. The van der Waals surface area contributed by atoms with Gasteiger partial charge in [-0.3, -0.25) is 9.69 Å². The summed E-state index contributed by atoms with van der Waals surface area (Å²) in [7, 11) is 1.49. The summed E-state index contributed by atoms with van der Waals surface area (Å²) in [6, 6.07) is 0. The van der Waals surface area contributed by atoms with Crippen LogP contribution < -0.4 is 5.32 Å². The average molecular weight is 188 g/mol. The highest BCUT2D eigenvalue weighted by molar-refractivity contribution is 5.82. The van der Waals surface area contributed by atoms with Gasteiger partial charge >= 0.3 is 6.09 Å². The molecular formula is C7H12N2O4. The van der Waals surface area contributed by atoms with Gasteiger partial charge in [0, 0.05) is 7.05 Å². The van der Waals surface area contributed by atoms with E-state index in [9.17, 15) is 9.59 Å². The van der Waals surface area contributed by atoms with E-state index in [0.29, 0.717) is 0 Å². The van der Waals surface area contributed by atoms with E-state index in [1.54, 1.807) is 0 Å². The van der Waals surface area contributed by atoms with Crippen molar-refractivity contribution in [2.45, 2.75) is 6.10 Å². The Morgan fingerprint density at radius 2 is 2.54 bits per heavy atom. The maximum absolute atomic E-state index is 11.0. The summed E-state index contributed by atoms with van der Waals surface area (Å²) in [5, 5.41) is 11.1. The minimum atomic E-state index is -0.553. The Balaban J connectivity index is 2.43. The molecule has 0 unspecified atom stereocenters. The molecule has 0 saturated carbocycles. The van der Waals surface area contributed by atoms with Crippen molar-refractivity contribution in [2.75, 3.05) is 26.7 Å². The summed E-state index contributed by atoms with van der Waals surface area (Å²) < 4.78 is 4.73. The molecule has 1 fully saturated rings. The third-order valence-electron chi connectivity index (χ3n) is 1.77. The zero-order valence-electron chi connectivity index (χ0n) is 7.32. The minimum absolute atomic E-state index is 0.0220. The predicted molar refractivity (Wildman–Crippen MR) is 43.0 cm³/mol. The number of carbonyl (C=O) groups excluding carboxylic acids is 2. The SMILES string of the molecule is CNC(=O)CN1C[C@@H](CO)OC1=O. The number of carbonyl (C=O) groups is 2. The van der Waals surface area contributed by atoms with E-state index >= 15 is 0 Å². The van der Waals surface area contributed by atoms with Gasteiger partial charge in [0.05, 0.1) is 13.2 Å². The van der Waals surface area contributed by atoms with Gasteiger partial charge < -0.3 is 15.2 Å². The van der Waals surface area contributed by atoms with Gasteiger partial charge in [0.2, 0.25) is 5.91 Å². The van der Waals surface area contributed by atoms with Crippen LogP contribution in [0, 0.1) is 0 Å². The monoisotopic (exact) mass is 188 g/mol. The Hall–Kier alpha value is -1.30. The zero-order chi connectivity index (χ0) is 9.84. The number of nitrogens with one attached hydrogen (secondary N) is 1. The van der Waals surface area contributed by atoms with Crippen LogP contribution in [0.2, 0.25) is 0 Å². The van der Waals surface area contributed by atoms with Gasteiger partial charge in [-0.2, -0.15) is 0 Å². The topological polar surface area (TPSA) is 78.9 Å². The molecule has 1 heterocycles. The average Bonchev–Trinajstić information content (AvgIpc) is 2.47. The lowest BCUT2D eigenvalue weighted by atomic mass is 10.3. The van der Waals surface area contributed by atoms with Crippen molar-refractivity contribution in [3.05, 3.63) is 0 Å². The summed E-state index contributed by atoms with van der Waals surface area (Å²) in [6.45, 7) is 0.0323. The fourth-order valence-corrected chi connectivity index (χ4v) is 1.05. The van der Waals surface area contributed by atoms with Gasteiger partial charge in [-0.15, -0.1) is 0 Å². The number of hydrogen-bond acceptors (Lipinski definition) is 4. The molecule has 1 aliphatic rings. The highest BCUT2D eigenvalue weighted by atomic mass is 16.6. The first-order valence-corrected chi connectivity index (χ1v) is 3.94. The van der Waals surface area contributed by atoms with E-state index in [-0.39, 0.29) is 25.6 Å². The van der Waals surface area contributed by atoms with Crippen LogP contribution in [0.3, 0.4) is 0 Å². The standard InChI is InChI=1S/C7H12N2O4/c1-8-6(11)3-9-2-5(4-10)13-7(9)12/h5,10H,2-4H2,1H3,(H,8,11)/t5-/m0/s1. The lowest BCUT2D eigenvalue weighted by Gasteiger charge is -2.10. The van der Waals surface area contributed by atoms with Crippen LogP contribution in [-0.2, 0) is 9.53 Å². The number of hydrogen-bond donors (Lipinski definition) is 2. The molecule has 13 heavy (non-hydrogen) atoms. The Labute approximate surface area is 75.5 Å². The van der Waals surface area contributed by atoms with Crippen molar-refractivity contribution in [1.29, 1.82) is 0 Å². The number of aliphatic hydroxyl groups is 1. The van der Waals surface area contributed by atoms with Crippen LogP contribution in [0.4, 0.5) is 4.79 Å². The molecular weight excluding hydrogens is 176 g/mol. The molecule has 74 valence electrons. The molecule has 0 radical (unpaired) electrons. The van der Waals surface area contributed by atoms with Gasteiger partial charge in [-0.25, -0.2) is 4.79 Å². The van der Waals surface area contributed by atoms with Crippen molar-refractivity contribution in [1.82, 2.24) is 10.2 Å². The van der Waals surface area contributed by atoms with Crippen molar-refractivity contribution in [2.24, 2.45) is 0 Å². The van der Waals surface area contributed by atoms with Crippen molar-refractivity contribution in [3.63, 3.8) is 0 Å². The van der Waals surface area contributed by atoms with Gasteiger partial charge in [0.25, 0.3) is 0 Å². The number of rotatable bonds is 3. The summed E-state index contributed by atoms with van der Waals surface area (Å²) in [6.07, 6.45) is -1.06. The maximum atomic E-state index is 11.0. The fraction of sp³-hybridized carbons (Fsp3) is 0.714. The number of nitrogens with zero attached hydrogens (tertiary/aromatic N) is 1. The second-order valence-electron chi connectivity index (χ2n) is 2.74. The van der Waals surface area contributed by atoms with Crippen LogP contribution >= 0.6 is 0 Å². The van der Waals surface area contributed by atoms with Crippen molar-refractivity contribution in [3.8, 4) is 0 Å². The zero-order valence-corrected chi connectivity index (χ0v) is 7.32. The van der Waals surface area contributed by atoms with E-state index in [2.05, 4.69) is 5.32 Å². The van der Waals surface area contributed by atoms with E-state index < -0.39 is 12.2 Å². The summed E-state index contributed by atoms with van der Waals surface area (Å²) >= 11 is 0. The second-order valence-corrected chi connectivity index (χ2v) is 2.74. The Bertz CT molecular complexity index is 219. The second kappa shape index (κ2) is 4.08. The quantitative estimate of drug-likeness (QED) is 0.567. The van der Waals surface area contributed by atoms with E-state index in [1.165, 1.54) is 11.9 Å². The van der Waals surface area contributed by atoms with Crippen LogP contribution in [-0.4, -0.2) is 54.9 Å². The first-order valence-electron chi connectivity index (χ1n) is 3.94. The molecule has 0 aromatic carbocycles. The summed E-state index contributed by atoms with van der Waals surface area (Å²) in [5.74, 6) is -0.254. The lowest BCUT2D eigenvalue weighted by molar-refractivity contribution is -0.121. The van der Waals surface area contributed by atoms with Gasteiger partial charge in [0.1, 0.15) is 12.6 Å². The maximum Gasteiger partial charge on any atom is 0.410 e. The third kappa shape index (κ3) is 2.32. The van der Waals surface area contributed by atoms with Crippen LogP contribution in [0.5, 0.6) is 0 Å². The molecule has 6 heteroatoms. The molecule has 1 saturated heterocycles. The Morgan fingerprint density at radius 3 is 3.00 bits per heavy atom. The molecule has 1 aliphatic heterocycles. The highest BCUT2D eigenvalue weighted by Gasteiger charge is 2.31. The largest absolute Gasteiger partial charge is 0.442 e. The molecule has 2 amide bonds. The molecule has 0 aromatic rings. The van der Waals surface area contributed by atoms with Crippen LogP contribution in [0.15, 0.2) is 0 Å². The van der Waals surface area contributed by atoms with Crippen molar-refractivity contribution < 1.29 is 19.4 Å². The lowest BCUT2D eigenvalue weighted by Crippen LogP contribution is -2.36. The molecule has 2 N–H and O–H groups in total. The molecule has 0 aromatic heterocycles. The predicted octanol–water partition coefficient (Wildman–Crippen LogP) is -1.45. The minimum Gasteiger partial charge on any atom is -0.442 e. The van der Waals surface area contributed by atoms with Crippen LogP contribution in [0.1, 0.15) is 0 Å². The fourth-order valence-electron chi connectivity index (χ4n) is 1.05. The van der Waals surface area contributed by atoms with E-state index in [1.807, 2.05) is 0 Å². The first-order chi connectivity index (χ1) is 6.17. The summed E-state index contributed by atoms with van der Waals surface area (Å²) in [5.41, 5.74) is 0. The number of cyclic esters (lactones) is 1. The van der Waals surface area contributed by atoms with Gasteiger partial charge in [-0.1, -0.05) is 0 Å². The van der Waals surface area contributed by atoms with Crippen LogP contribution in [0.25, 0.3) is 0 Å². The smallest absolute Gasteiger partial charge is 0.410 e. The number of aliphatic hydroxyl groups excluding tert-OH is 1. The molecule has 1 rings (SSSR count). The Kier molecular flexibility index (Phi) is 3.07. The number of likely N-dealkylation sites (N-methyl/N-ethyl adjacent to an activating group) is 1. The molecule has 0 bridgehead atoms. The van der Waals surface area contributed by atoms with E-state index in [4.69, 9.17) is 9.84 Å². The molecule has 0 aliphatic carbocycles. The highest BCUT2D eigenvalue weighted by Crippen LogP contribution is 2.09. The van der Waals surface area contributed by atoms with Crippen molar-refractivity contribution >= 4 is 12.0 Å². The van der Waals surface area contributed by atoms with Gasteiger partial charge in [0.15, 0.2) is 0 Å². The molecule has 0 spiro atoms. The third-order valence-corrected chi connectivity index (χ3v) is 1.77. The Morgan fingerprint density at radius 1 is 1.85 bits per heavy atom. The number of ether oxygens (including phenoxy) is 1. The van der Waals surface area contributed by atoms with E-state index in [0.717, 1.165) is 0 Å². The normalized spacial score (nSPS) is 21.5. The molecule has 1 atom stereocenters. The molecule has 6 nitrogen and oxygen atoms in total. The van der Waals surface area contributed by atoms with Gasteiger partial charge in [-0.05, 0) is 0 Å². The first kappa shape index (κ1) is 9.79.